The Bertz CT molecular complexity index is 328. The van der Waals surface area contributed by atoms with Crippen LogP contribution in [0, 0.1) is 0 Å². The summed E-state index contributed by atoms with van der Waals surface area (Å²) < 4.78 is 1.17. The normalized spacial score (nSPS) is 13.8. The predicted octanol–water partition coefficient (Wildman–Crippen LogP) is 4.33. The Morgan fingerprint density at radius 1 is 1.31 bits per heavy atom. The molecule has 0 fully saturated rings. The standard InChI is InChI=1S/C14H22BrN/c1-5-11(10-16-14(2,3)4)12-7-6-8-13(15)9-12/h6-9,11,16H,5,10H2,1-4H3. The molecule has 0 aliphatic heterocycles. The van der Waals surface area contributed by atoms with Crippen molar-refractivity contribution in [1.82, 2.24) is 5.32 Å². The van der Waals surface area contributed by atoms with Crippen LogP contribution in [0.25, 0.3) is 0 Å². The molecule has 0 bridgehead atoms. The van der Waals surface area contributed by atoms with Gasteiger partial charge in [0.05, 0.1) is 0 Å². The van der Waals surface area contributed by atoms with Gasteiger partial charge in [0.1, 0.15) is 0 Å². The van der Waals surface area contributed by atoms with Crippen molar-refractivity contribution in [2.45, 2.75) is 45.6 Å². The van der Waals surface area contributed by atoms with Gasteiger partial charge in [0.25, 0.3) is 0 Å². The molecule has 0 aliphatic carbocycles. The van der Waals surface area contributed by atoms with Gasteiger partial charge in [-0.1, -0.05) is 35.0 Å². The molecular weight excluding hydrogens is 262 g/mol. The number of hydrogen-bond donors (Lipinski definition) is 1. The van der Waals surface area contributed by atoms with Crippen LogP contribution >= 0.6 is 15.9 Å². The summed E-state index contributed by atoms with van der Waals surface area (Å²) in [4.78, 5) is 0. The van der Waals surface area contributed by atoms with Gasteiger partial charge in [0, 0.05) is 16.6 Å². The van der Waals surface area contributed by atoms with Gasteiger partial charge in [-0.05, 0) is 50.8 Å². The maximum Gasteiger partial charge on any atom is 0.0178 e. The van der Waals surface area contributed by atoms with Crippen molar-refractivity contribution in [3.63, 3.8) is 0 Å². The van der Waals surface area contributed by atoms with Crippen LogP contribution in [0.2, 0.25) is 0 Å². The van der Waals surface area contributed by atoms with Crippen LogP contribution in [0.15, 0.2) is 28.7 Å². The summed E-state index contributed by atoms with van der Waals surface area (Å²) in [5.74, 6) is 0.594. The average Bonchev–Trinajstić information content (AvgIpc) is 2.17. The lowest BCUT2D eigenvalue weighted by atomic mass is 9.95. The molecule has 0 aromatic heterocycles. The number of benzene rings is 1. The van der Waals surface area contributed by atoms with Gasteiger partial charge in [-0.2, -0.15) is 0 Å². The molecule has 0 aliphatic rings. The summed E-state index contributed by atoms with van der Waals surface area (Å²) in [6.07, 6.45) is 1.17. The third-order valence-electron chi connectivity index (χ3n) is 2.69. The smallest absolute Gasteiger partial charge is 0.0178 e. The van der Waals surface area contributed by atoms with E-state index >= 15 is 0 Å². The third kappa shape index (κ3) is 4.67. The lowest BCUT2D eigenvalue weighted by molar-refractivity contribution is 0.403. The maximum atomic E-state index is 3.58. The van der Waals surface area contributed by atoms with E-state index < -0.39 is 0 Å². The van der Waals surface area contributed by atoms with Crippen molar-refractivity contribution in [3.8, 4) is 0 Å². The molecule has 0 spiro atoms. The summed E-state index contributed by atoms with van der Waals surface area (Å²) in [7, 11) is 0. The highest BCUT2D eigenvalue weighted by Gasteiger charge is 2.14. The van der Waals surface area contributed by atoms with E-state index in [-0.39, 0.29) is 5.54 Å². The molecule has 90 valence electrons. The van der Waals surface area contributed by atoms with Crippen LogP contribution < -0.4 is 5.32 Å². The Kier molecular flexibility index (Phi) is 5.00. The van der Waals surface area contributed by atoms with Gasteiger partial charge in [0.15, 0.2) is 0 Å². The first-order valence-corrected chi connectivity index (χ1v) is 6.72. The van der Waals surface area contributed by atoms with Crippen LogP contribution in [-0.4, -0.2) is 12.1 Å². The van der Waals surface area contributed by atoms with E-state index in [4.69, 9.17) is 0 Å². The van der Waals surface area contributed by atoms with Crippen LogP contribution in [0.1, 0.15) is 45.6 Å². The molecule has 0 saturated heterocycles. The van der Waals surface area contributed by atoms with Crippen molar-refractivity contribution in [1.29, 1.82) is 0 Å². The molecule has 1 aromatic carbocycles. The van der Waals surface area contributed by atoms with E-state index in [1.807, 2.05) is 0 Å². The summed E-state index contributed by atoms with van der Waals surface area (Å²) in [6.45, 7) is 9.91. The molecule has 1 rings (SSSR count). The minimum atomic E-state index is 0.194. The molecule has 0 radical (unpaired) electrons. The second kappa shape index (κ2) is 5.83. The monoisotopic (exact) mass is 283 g/mol. The molecule has 1 nitrogen and oxygen atoms in total. The molecule has 1 aromatic rings. The number of hydrogen-bond acceptors (Lipinski definition) is 1. The van der Waals surface area contributed by atoms with Crippen molar-refractivity contribution >= 4 is 15.9 Å². The fourth-order valence-corrected chi connectivity index (χ4v) is 2.10. The molecule has 1 unspecified atom stereocenters. The van der Waals surface area contributed by atoms with Gasteiger partial charge in [-0.15, -0.1) is 0 Å². The zero-order valence-electron chi connectivity index (χ0n) is 10.7. The van der Waals surface area contributed by atoms with Crippen LogP contribution in [0.4, 0.5) is 0 Å². The Morgan fingerprint density at radius 3 is 2.50 bits per heavy atom. The summed E-state index contributed by atoms with van der Waals surface area (Å²) in [5, 5.41) is 3.58. The SMILES string of the molecule is CCC(CNC(C)(C)C)c1cccc(Br)c1. The van der Waals surface area contributed by atoms with Gasteiger partial charge >= 0.3 is 0 Å². The Morgan fingerprint density at radius 2 is 2.00 bits per heavy atom. The molecule has 0 saturated carbocycles. The second-order valence-corrected chi connectivity index (χ2v) is 6.21. The van der Waals surface area contributed by atoms with E-state index in [2.05, 4.69) is 73.2 Å². The van der Waals surface area contributed by atoms with Gasteiger partial charge in [-0.3, -0.25) is 0 Å². The van der Waals surface area contributed by atoms with Gasteiger partial charge < -0.3 is 5.32 Å². The average molecular weight is 284 g/mol. The molecule has 1 N–H and O–H groups in total. The highest BCUT2D eigenvalue weighted by atomic mass is 79.9. The quantitative estimate of drug-likeness (QED) is 0.867. The zero-order chi connectivity index (χ0) is 12.2. The van der Waals surface area contributed by atoms with E-state index in [0.29, 0.717) is 5.92 Å². The van der Waals surface area contributed by atoms with Crippen molar-refractivity contribution < 1.29 is 0 Å². The largest absolute Gasteiger partial charge is 0.311 e. The number of halogens is 1. The van der Waals surface area contributed by atoms with Crippen molar-refractivity contribution in [2.75, 3.05) is 6.54 Å². The third-order valence-corrected chi connectivity index (χ3v) is 3.18. The molecule has 0 amide bonds. The van der Waals surface area contributed by atoms with E-state index in [1.54, 1.807) is 0 Å². The summed E-state index contributed by atoms with van der Waals surface area (Å²) >= 11 is 3.53. The Labute approximate surface area is 108 Å². The number of nitrogens with one attached hydrogen (secondary N) is 1. The minimum absolute atomic E-state index is 0.194. The first kappa shape index (κ1) is 13.7. The van der Waals surface area contributed by atoms with Crippen LogP contribution in [0.3, 0.4) is 0 Å². The Balaban J connectivity index is 2.68. The molecule has 0 heterocycles. The first-order chi connectivity index (χ1) is 7.42. The topological polar surface area (TPSA) is 12.0 Å². The van der Waals surface area contributed by atoms with Crippen molar-refractivity contribution in [3.05, 3.63) is 34.3 Å². The lowest BCUT2D eigenvalue weighted by Crippen LogP contribution is -2.38. The first-order valence-electron chi connectivity index (χ1n) is 5.93. The minimum Gasteiger partial charge on any atom is -0.311 e. The molecule has 1 atom stereocenters. The van der Waals surface area contributed by atoms with Crippen LogP contribution in [-0.2, 0) is 0 Å². The predicted molar refractivity (Wildman–Crippen MR) is 74.9 cm³/mol. The lowest BCUT2D eigenvalue weighted by Gasteiger charge is -2.25. The molecule has 16 heavy (non-hydrogen) atoms. The van der Waals surface area contributed by atoms with E-state index in [0.717, 1.165) is 6.54 Å². The van der Waals surface area contributed by atoms with Crippen molar-refractivity contribution in [2.24, 2.45) is 0 Å². The molecule has 2 heteroatoms. The van der Waals surface area contributed by atoms with Gasteiger partial charge in [0.2, 0.25) is 0 Å². The highest BCUT2D eigenvalue weighted by Crippen LogP contribution is 2.22. The summed E-state index contributed by atoms with van der Waals surface area (Å²) in [6, 6.07) is 8.62. The van der Waals surface area contributed by atoms with Gasteiger partial charge in [-0.25, -0.2) is 0 Å². The molecular formula is C14H22BrN. The van der Waals surface area contributed by atoms with Crippen LogP contribution in [0.5, 0.6) is 0 Å². The van der Waals surface area contributed by atoms with E-state index in [1.165, 1.54) is 16.5 Å². The maximum absolute atomic E-state index is 3.58. The highest BCUT2D eigenvalue weighted by molar-refractivity contribution is 9.10. The fourth-order valence-electron chi connectivity index (χ4n) is 1.69. The fraction of sp³-hybridized carbons (Fsp3) is 0.571. The zero-order valence-corrected chi connectivity index (χ0v) is 12.3. The Hall–Kier alpha value is -0.340. The number of rotatable bonds is 4. The second-order valence-electron chi connectivity index (χ2n) is 5.29. The summed E-state index contributed by atoms with van der Waals surface area (Å²) in [5.41, 5.74) is 1.60. The van der Waals surface area contributed by atoms with E-state index in [9.17, 15) is 0 Å².